The first-order chi connectivity index (χ1) is 15.0. The first-order valence-corrected chi connectivity index (χ1v) is 10.7. The van der Waals surface area contributed by atoms with E-state index in [1.54, 1.807) is 41.4 Å². The van der Waals surface area contributed by atoms with Gasteiger partial charge in [-0.3, -0.25) is 14.6 Å². The maximum atomic E-state index is 4.71. The largest absolute Gasteiger partial charge is 0.338 e. The molecular weight excluding hydrogens is 410 g/mol. The Morgan fingerprint density at radius 2 is 1.94 bits per heavy atom. The van der Waals surface area contributed by atoms with E-state index in [4.69, 9.17) is 4.98 Å². The molecule has 3 aromatic heterocycles. The van der Waals surface area contributed by atoms with Crippen molar-refractivity contribution in [3.05, 3.63) is 55.3 Å². The van der Waals surface area contributed by atoms with Crippen LogP contribution in [-0.4, -0.2) is 43.0 Å². The third-order valence-electron chi connectivity index (χ3n) is 4.67. The van der Waals surface area contributed by atoms with Crippen molar-refractivity contribution >= 4 is 57.4 Å². The summed E-state index contributed by atoms with van der Waals surface area (Å²) in [5.41, 5.74) is 5.91. The maximum Gasteiger partial charge on any atom is 0.229 e. The summed E-state index contributed by atoms with van der Waals surface area (Å²) < 4.78 is 3.76. The topological polar surface area (TPSA) is 96.7 Å². The predicted octanol–water partition coefficient (Wildman–Crippen LogP) is 4.39. The average Bonchev–Trinajstić information content (AvgIpc) is 3.17. The van der Waals surface area contributed by atoms with E-state index in [2.05, 4.69) is 41.6 Å². The molecule has 0 fully saturated rings. The number of rotatable bonds is 7. The molecule has 3 heterocycles. The summed E-state index contributed by atoms with van der Waals surface area (Å²) in [5.74, 6) is 1.11. The molecule has 1 aromatic carbocycles. The second-order valence-corrected chi connectivity index (χ2v) is 7.87. The van der Waals surface area contributed by atoms with E-state index in [-0.39, 0.29) is 0 Å². The van der Waals surface area contributed by atoms with E-state index >= 15 is 0 Å². The molecule has 0 aliphatic rings. The van der Waals surface area contributed by atoms with Crippen molar-refractivity contribution in [3.63, 3.8) is 0 Å². The van der Waals surface area contributed by atoms with Crippen LogP contribution in [-0.2, 0) is 7.05 Å². The minimum atomic E-state index is 0.459. The van der Waals surface area contributed by atoms with Crippen LogP contribution < -0.4 is 14.9 Å². The third kappa shape index (κ3) is 4.29. The van der Waals surface area contributed by atoms with Crippen molar-refractivity contribution < 1.29 is 0 Å². The minimum Gasteiger partial charge on any atom is -0.338 e. The molecule has 2 N–H and O–H groups in total. The zero-order chi connectivity index (χ0) is 22.0. The van der Waals surface area contributed by atoms with Crippen molar-refractivity contribution in [3.8, 4) is 0 Å². The predicted molar refractivity (Wildman–Crippen MR) is 128 cm³/mol. The van der Waals surface area contributed by atoms with Crippen molar-refractivity contribution in [2.24, 2.45) is 7.05 Å². The summed E-state index contributed by atoms with van der Waals surface area (Å²) in [7, 11) is 3.85. The molecule has 0 saturated heterocycles. The summed E-state index contributed by atoms with van der Waals surface area (Å²) in [4.78, 5) is 18.1. The average molecular weight is 434 g/mol. The van der Waals surface area contributed by atoms with Gasteiger partial charge < -0.3 is 14.9 Å². The van der Waals surface area contributed by atoms with Gasteiger partial charge in [-0.2, -0.15) is 10.1 Å². The van der Waals surface area contributed by atoms with Crippen molar-refractivity contribution in [1.29, 1.82) is 0 Å². The van der Waals surface area contributed by atoms with Crippen LogP contribution in [0.15, 0.2) is 49.7 Å². The molecule has 0 unspecified atom stereocenters. The van der Waals surface area contributed by atoms with Crippen LogP contribution >= 0.6 is 11.9 Å². The normalized spacial score (nSPS) is 10.8. The molecule has 0 radical (unpaired) electrons. The zero-order valence-corrected chi connectivity index (χ0v) is 18.6. The minimum absolute atomic E-state index is 0.459. The maximum absolute atomic E-state index is 4.71. The summed E-state index contributed by atoms with van der Waals surface area (Å²) in [6.45, 7) is 6.01. The number of nitrogens with zero attached hydrogens (tertiary/aromatic N) is 7. The summed E-state index contributed by atoms with van der Waals surface area (Å²) in [6, 6.07) is 3.93. The molecule has 0 bridgehead atoms. The fourth-order valence-corrected chi connectivity index (χ4v) is 3.49. The van der Waals surface area contributed by atoms with Gasteiger partial charge in [-0.1, -0.05) is 18.5 Å². The quantitative estimate of drug-likeness (QED) is 0.411. The standard InChI is InChI=1S/C21H23N9S/c1-13(2)15-11-24-21(26-14-10-25-29(3)12-14)28-20(15)27-17-7-6-16-18(23-9-8-22-16)19(17)30(4)31-5/h6-12H,1H2,2-5H3,(H2,24,26,27,28). The molecular formula is C21H23N9S. The van der Waals surface area contributed by atoms with Crippen LogP contribution in [0.2, 0.25) is 0 Å². The van der Waals surface area contributed by atoms with Gasteiger partial charge in [0.25, 0.3) is 0 Å². The van der Waals surface area contributed by atoms with Crippen LogP contribution in [0.3, 0.4) is 0 Å². The summed E-state index contributed by atoms with van der Waals surface area (Å²) in [6.07, 6.45) is 10.7. The number of benzene rings is 1. The fourth-order valence-electron chi connectivity index (χ4n) is 3.12. The molecule has 31 heavy (non-hydrogen) atoms. The Morgan fingerprint density at radius 3 is 2.65 bits per heavy atom. The lowest BCUT2D eigenvalue weighted by molar-refractivity contribution is 0.768. The van der Waals surface area contributed by atoms with Crippen molar-refractivity contribution in [1.82, 2.24) is 29.7 Å². The molecule has 0 amide bonds. The first kappa shape index (κ1) is 20.6. The second kappa shape index (κ2) is 8.60. The molecule has 0 aliphatic carbocycles. The van der Waals surface area contributed by atoms with Gasteiger partial charge in [0.15, 0.2) is 0 Å². The number of nitrogens with one attached hydrogen (secondary N) is 2. The van der Waals surface area contributed by atoms with Crippen LogP contribution in [0.25, 0.3) is 16.6 Å². The highest BCUT2D eigenvalue weighted by molar-refractivity contribution is 7.99. The fraction of sp³-hybridized carbons (Fsp3) is 0.190. The van der Waals surface area contributed by atoms with E-state index in [0.717, 1.165) is 39.2 Å². The summed E-state index contributed by atoms with van der Waals surface area (Å²) >= 11 is 1.59. The lowest BCUT2D eigenvalue weighted by Crippen LogP contribution is -2.11. The number of anilines is 5. The Kier molecular flexibility index (Phi) is 5.72. The molecule has 9 nitrogen and oxygen atoms in total. The molecule has 158 valence electrons. The first-order valence-electron chi connectivity index (χ1n) is 9.53. The zero-order valence-electron chi connectivity index (χ0n) is 17.8. The summed E-state index contributed by atoms with van der Waals surface area (Å²) in [5, 5.41) is 10.8. The van der Waals surface area contributed by atoms with Gasteiger partial charge in [-0.25, -0.2) is 4.98 Å². The number of aryl methyl sites for hydroxylation is 1. The van der Waals surface area contributed by atoms with Crippen LogP contribution in [0.5, 0.6) is 0 Å². The highest BCUT2D eigenvalue weighted by Gasteiger charge is 2.17. The third-order valence-corrected chi connectivity index (χ3v) is 5.40. The number of hydrogen-bond donors (Lipinski definition) is 2. The van der Waals surface area contributed by atoms with Gasteiger partial charge in [-0.05, 0) is 24.6 Å². The van der Waals surface area contributed by atoms with Gasteiger partial charge in [-0.15, -0.1) is 0 Å². The smallest absolute Gasteiger partial charge is 0.229 e. The Hall–Kier alpha value is -3.66. The van der Waals surface area contributed by atoms with E-state index < -0.39 is 0 Å². The van der Waals surface area contributed by atoms with E-state index in [1.165, 1.54) is 0 Å². The molecule has 10 heteroatoms. The number of aromatic nitrogens is 6. The van der Waals surface area contributed by atoms with Crippen LogP contribution in [0.1, 0.15) is 12.5 Å². The van der Waals surface area contributed by atoms with Crippen LogP contribution in [0, 0.1) is 0 Å². The molecule has 4 aromatic rings. The highest BCUT2D eigenvalue weighted by atomic mass is 32.2. The molecule has 0 spiro atoms. The Labute approximate surface area is 184 Å². The molecule has 0 atom stereocenters. The van der Waals surface area contributed by atoms with Crippen molar-refractivity contribution in [2.75, 3.05) is 28.2 Å². The van der Waals surface area contributed by atoms with Gasteiger partial charge in [0.05, 0.1) is 28.8 Å². The number of hydrogen-bond acceptors (Lipinski definition) is 9. The van der Waals surface area contributed by atoms with E-state index in [9.17, 15) is 0 Å². The van der Waals surface area contributed by atoms with Crippen molar-refractivity contribution in [2.45, 2.75) is 6.92 Å². The van der Waals surface area contributed by atoms with Gasteiger partial charge in [0.1, 0.15) is 11.3 Å². The van der Waals surface area contributed by atoms with Gasteiger partial charge >= 0.3 is 0 Å². The Balaban J connectivity index is 1.78. The van der Waals surface area contributed by atoms with Gasteiger partial charge in [0, 0.05) is 50.7 Å². The number of fused-ring (bicyclic) bond motifs is 1. The van der Waals surface area contributed by atoms with E-state index in [1.807, 2.05) is 45.6 Å². The van der Waals surface area contributed by atoms with E-state index in [0.29, 0.717) is 11.8 Å². The van der Waals surface area contributed by atoms with Gasteiger partial charge in [0.2, 0.25) is 5.95 Å². The molecule has 0 saturated carbocycles. The second-order valence-electron chi connectivity index (χ2n) is 6.95. The lowest BCUT2D eigenvalue weighted by atomic mass is 10.1. The SMILES string of the molecule is C=C(C)c1cnc(Nc2cnn(C)c2)nc1Nc1ccc2nccnc2c1N(C)SC. The number of allylic oxidation sites excluding steroid dienone is 1. The molecule has 0 aliphatic heterocycles. The monoisotopic (exact) mass is 433 g/mol. The van der Waals surface area contributed by atoms with Crippen LogP contribution in [0.4, 0.5) is 28.8 Å². The molecule has 4 rings (SSSR count). The Bertz CT molecular complexity index is 1250. The lowest BCUT2D eigenvalue weighted by Gasteiger charge is -2.22. The Morgan fingerprint density at radius 1 is 1.13 bits per heavy atom. The highest BCUT2D eigenvalue weighted by Crippen LogP contribution is 2.37.